The second-order valence-corrected chi connectivity index (χ2v) is 9.04. The zero-order valence-corrected chi connectivity index (χ0v) is 19.2. The lowest BCUT2D eigenvalue weighted by Gasteiger charge is -2.31. The molecule has 0 aliphatic rings. The van der Waals surface area contributed by atoms with Crippen LogP contribution in [0.2, 0.25) is 0 Å². The van der Waals surface area contributed by atoms with Gasteiger partial charge in [0, 0.05) is 17.6 Å². The molecule has 1 atom stereocenters. The van der Waals surface area contributed by atoms with E-state index in [9.17, 15) is 14.0 Å². The normalized spacial score (nSPS) is 12.4. The van der Waals surface area contributed by atoms with Gasteiger partial charge in [-0.2, -0.15) is 0 Å². The van der Waals surface area contributed by atoms with Gasteiger partial charge >= 0.3 is 0 Å². The number of carbonyl (C=O) groups is 2. The van der Waals surface area contributed by atoms with Crippen molar-refractivity contribution in [3.8, 4) is 5.75 Å². The van der Waals surface area contributed by atoms with Crippen molar-refractivity contribution in [2.45, 2.75) is 65.6 Å². The highest BCUT2D eigenvalue weighted by Crippen LogP contribution is 2.19. The Morgan fingerprint density at radius 2 is 1.65 bits per heavy atom. The molecule has 2 aromatic rings. The molecule has 2 rings (SSSR count). The molecule has 2 aromatic carbocycles. The lowest BCUT2D eigenvalue weighted by Crippen LogP contribution is -2.53. The summed E-state index contributed by atoms with van der Waals surface area (Å²) in [6.07, 6.45) is 0. The Bertz CT molecular complexity index is 888. The van der Waals surface area contributed by atoms with E-state index in [0.717, 1.165) is 0 Å². The van der Waals surface area contributed by atoms with Gasteiger partial charge in [0.15, 0.2) is 6.61 Å². The van der Waals surface area contributed by atoms with Crippen molar-refractivity contribution in [1.29, 1.82) is 0 Å². The summed E-state index contributed by atoms with van der Waals surface area (Å²) in [5.41, 5.74) is 1.06. The van der Waals surface area contributed by atoms with E-state index in [-0.39, 0.29) is 19.1 Å². The van der Waals surface area contributed by atoms with Crippen LogP contribution in [0.15, 0.2) is 48.5 Å². The third-order valence-corrected chi connectivity index (χ3v) is 4.87. The van der Waals surface area contributed by atoms with Crippen LogP contribution in [-0.4, -0.2) is 34.9 Å². The molecule has 0 bridgehead atoms. The molecule has 2 amide bonds. The Hall–Kier alpha value is -2.89. The van der Waals surface area contributed by atoms with Gasteiger partial charge in [0.1, 0.15) is 17.6 Å². The van der Waals surface area contributed by atoms with E-state index in [1.807, 2.05) is 45.0 Å². The molecule has 31 heavy (non-hydrogen) atoms. The first-order chi connectivity index (χ1) is 14.5. The van der Waals surface area contributed by atoms with Crippen LogP contribution in [0.3, 0.4) is 0 Å². The first-order valence-corrected chi connectivity index (χ1v) is 10.6. The molecule has 6 heteroatoms. The molecule has 0 saturated heterocycles. The summed E-state index contributed by atoms with van der Waals surface area (Å²) < 4.78 is 19.9. The second kappa shape index (κ2) is 10.4. The molecular weight excluding hydrogens is 395 g/mol. The van der Waals surface area contributed by atoms with Crippen molar-refractivity contribution in [1.82, 2.24) is 10.2 Å². The zero-order chi connectivity index (χ0) is 23.2. The van der Waals surface area contributed by atoms with E-state index in [2.05, 4.69) is 19.2 Å². The average molecular weight is 429 g/mol. The third kappa shape index (κ3) is 7.39. The van der Waals surface area contributed by atoms with Crippen molar-refractivity contribution in [3.05, 3.63) is 65.5 Å². The number of hydrogen-bond donors (Lipinski definition) is 1. The van der Waals surface area contributed by atoms with Gasteiger partial charge in [0.05, 0.1) is 0 Å². The quantitative estimate of drug-likeness (QED) is 0.665. The molecule has 0 radical (unpaired) electrons. The fraction of sp³-hybridized carbons (Fsp3) is 0.440. The Kier molecular flexibility index (Phi) is 8.20. The molecule has 5 nitrogen and oxygen atoms in total. The second-order valence-electron chi connectivity index (χ2n) is 9.04. The van der Waals surface area contributed by atoms with Crippen LogP contribution in [0.5, 0.6) is 5.75 Å². The van der Waals surface area contributed by atoms with Crippen LogP contribution in [0.1, 0.15) is 58.6 Å². The smallest absolute Gasteiger partial charge is 0.261 e. The number of hydrogen-bond acceptors (Lipinski definition) is 3. The number of nitrogens with zero attached hydrogens (tertiary/aromatic N) is 1. The molecule has 0 heterocycles. The Balaban J connectivity index is 2.16. The first kappa shape index (κ1) is 24.4. The molecule has 0 aromatic heterocycles. The summed E-state index contributed by atoms with van der Waals surface area (Å²) in [6, 6.07) is 13.0. The minimum Gasteiger partial charge on any atom is -0.484 e. The highest BCUT2D eigenvalue weighted by molar-refractivity contribution is 5.88. The van der Waals surface area contributed by atoms with Crippen LogP contribution in [0.4, 0.5) is 4.39 Å². The summed E-state index contributed by atoms with van der Waals surface area (Å²) >= 11 is 0. The minimum atomic E-state index is -0.793. The average Bonchev–Trinajstić information content (AvgIpc) is 2.70. The third-order valence-electron chi connectivity index (χ3n) is 4.87. The van der Waals surface area contributed by atoms with Gasteiger partial charge in [-0.15, -0.1) is 0 Å². The van der Waals surface area contributed by atoms with Crippen molar-refractivity contribution < 1.29 is 18.7 Å². The van der Waals surface area contributed by atoms with Gasteiger partial charge < -0.3 is 15.0 Å². The van der Waals surface area contributed by atoms with E-state index in [1.54, 1.807) is 25.1 Å². The summed E-state index contributed by atoms with van der Waals surface area (Å²) in [4.78, 5) is 27.1. The molecule has 0 unspecified atom stereocenters. The molecule has 0 aliphatic carbocycles. The van der Waals surface area contributed by atoms with Gasteiger partial charge in [-0.3, -0.25) is 9.59 Å². The van der Waals surface area contributed by atoms with Gasteiger partial charge in [0.2, 0.25) is 5.91 Å². The molecule has 1 N–H and O–H groups in total. The molecule has 0 spiro atoms. The Labute approximate surface area is 184 Å². The number of benzene rings is 2. The maximum atomic E-state index is 14.2. The molecule has 0 fully saturated rings. The molecule has 0 aliphatic heterocycles. The molecular formula is C25H33FN2O3. The van der Waals surface area contributed by atoms with E-state index in [1.165, 1.54) is 16.5 Å². The van der Waals surface area contributed by atoms with E-state index >= 15 is 0 Å². The lowest BCUT2D eigenvalue weighted by atomic mass is 10.0. The largest absolute Gasteiger partial charge is 0.484 e. The highest BCUT2D eigenvalue weighted by Gasteiger charge is 2.29. The highest BCUT2D eigenvalue weighted by atomic mass is 19.1. The Morgan fingerprint density at radius 3 is 2.19 bits per heavy atom. The van der Waals surface area contributed by atoms with Crippen LogP contribution in [0, 0.1) is 5.82 Å². The van der Waals surface area contributed by atoms with Crippen molar-refractivity contribution in [3.63, 3.8) is 0 Å². The summed E-state index contributed by atoms with van der Waals surface area (Å²) in [5.74, 6) is -0.162. The summed E-state index contributed by atoms with van der Waals surface area (Å²) in [7, 11) is 0. The monoisotopic (exact) mass is 428 g/mol. The van der Waals surface area contributed by atoms with Crippen molar-refractivity contribution in [2.24, 2.45) is 0 Å². The summed E-state index contributed by atoms with van der Waals surface area (Å²) in [5, 5.41) is 2.88. The van der Waals surface area contributed by atoms with Crippen LogP contribution >= 0.6 is 0 Å². The van der Waals surface area contributed by atoms with E-state index in [0.29, 0.717) is 17.2 Å². The molecule has 168 valence electrons. The number of halogens is 1. The SMILES string of the molecule is CC(C)c1ccc(OCC(=O)N(Cc2ccccc2F)[C@H](C)C(=O)NC(C)(C)C)cc1. The van der Waals surface area contributed by atoms with Crippen LogP contribution in [-0.2, 0) is 16.1 Å². The maximum absolute atomic E-state index is 14.2. The number of amides is 2. The lowest BCUT2D eigenvalue weighted by molar-refractivity contribution is -0.142. The topological polar surface area (TPSA) is 58.6 Å². The van der Waals surface area contributed by atoms with E-state index in [4.69, 9.17) is 4.74 Å². The zero-order valence-electron chi connectivity index (χ0n) is 19.2. The number of rotatable bonds is 8. The standard InChI is InChI=1S/C25H33FN2O3/c1-17(2)19-11-13-21(14-12-19)31-16-23(29)28(15-20-9-7-8-10-22(20)26)18(3)24(30)27-25(4,5)6/h7-14,17-18H,15-16H2,1-6H3,(H,27,30)/t18-/m1/s1. The number of ether oxygens (including phenoxy) is 1. The van der Waals surface area contributed by atoms with Crippen molar-refractivity contribution >= 4 is 11.8 Å². The Morgan fingerprint density at radius 1 is 1.03 bits per heavy atom. The fourth-order valence-electron chi connectivity index (χ4n) is 3.04. The number of carbonyl (C=O) groups excluding carboxylic acids is 2. The van der Waals surface area contributed by atoms with Gasteiger partial charge in [0.25, 0.3) is 5.91 Å². The molecule has 0 saturated carbocycles. The van der Waals surface area contributed by atoms with Crippen LogP contribution in [0.25, 0.3) is 0 Å². The first-order valence-electron chi connectivity index (χ1n) is 10.6. The predicted octanol–water partition coefficient (Wildman–Crippen LogP) is 4.66. The van der Waals surface area contributed by atoms with Gasteiger partial charge in [-0.1, -0.05) is 44.2 Å². The maximum Gasteiger partial charge on any atom is 0.261 e. The number of nitrogens with one attached hydrogen (secondary N) is 1. The predicted molar refractivity (Wildman–Crippen MR) is 120 cm³/mol. The summed E-state index contributed by atoms with van der Waals surface area (Å²) in [6.45, 7) is 11.2. The minimum absolute atomic E-state index is 0.0279. The van der Waals surface area contributed by atoms with Gasteiger partial charge in [-0.05, 0) is 57.4 Å². The van der Waals surface area contributed by atoms with Crippen LogP contribution < -0.4 is 10.1 Å². The fourth-order valence-corrected chi connectivity index (χ4v) is 3.04. The van der Waals surface area contributed by atoms with Crippen molar-refractivity contribution in [2.75, 3.05) is 6.61 Å². The van der Waals surface area contributed by atoms with Gasteiger partial charge in [-0.25, -0.2) is 4.39 Å². The van der Waals surface area contributed by atoms with E-state index < -0.39 is 23.3 Å².